The number of benzene rings is 1. The molecule has 2 N–H and O–H groups in total. The summed E-state index contributed by atoms with van der Waals surface area (Å²) in [5, 5.41) is 6.34. The topological polar surface area (TPSA) is 59.6 Å². The summed E-state index contributed by atoms with van der Waals surface area (Å²) in [4.78, 5) is 11.5. The fourth-order valence-electron chi connectivity index (χ4n) is 2.26. The standard InChI is InChI=1S/C15H20N2O3/c1-10(16-6-7-17-15(18)11-2-3-11)12-4-5-13-14(8-12)20-9-19-13/h4-5,8,10-11,16H,2-3,6-7,9H2,1H3,(H,17,18). The molecule has 0 spiro atoms. The van der Waals surface area contributed by atoms with Crippen LogP contribution >= 0.6 is 0 Å². The zero-order valence-corrected chi connectivity index (χ0v) is 11.6. The molecule has 1 saturated carbocycles. The molecule has 3 rings (SSSR count). The summed E-state index contributed by atoms with van der Waals surface area (Å²) in [6, 6.07) is 6.18. The molecule has 0 aromatic heterocycles. The predicted octanol–water partition coefficient (Wildman–Crippen LogP) is 1.59. The Hall–Kier alpha value is -1.75. The summed E-state index contributed by atoms with van der Waals surface area (Å²) in [7, 11) is 0. The minimum Gasteiger partial charge on any atom is -0.454 e. The Morgan fingerprint density at radius 2 is 2.10 bits per heavy atom. The van der Waals surface area contributed by atoms with E-state index in [0.717, 1.165) is 36.4 Å². The lowest BCUT2D eigenvalue weighted by Crippen LogP contribution is -2.33. The van der Waals surface area contributed by atoms with Crippen molar-refractivity contribution in [1.29, 1.82) is 0 Å². The van der Waals surface area contributed by atoms with Gasteiger partial charge in [0.15, 0.2) is 11.5 Å². The average Bonchev–Trinajstić information content (AvgIpc) is 3.20. The maximum Gasteiger partial charge on any atom is 0.231 e. The Balaban J connectivity index is 1.44. The van der Waals surface area contributed by atoms with Crippen molar-refractivity contribution in [3.63, 3.8) is 0 Å². The Morgan fingerprint density at radius 1 is 1.30 bits per heavy atom. The lowest BCUT2D eigenvalue weighted by Gasteiger charge is -2.15. The van der Waals surface area contributed by atoms with Gasteiger partial charge >= 0.3 is 0 Å². The summed E-state index contributed by atoms with van der Waals surface area (Å²) in [5.74, 6) is 2.08. The van der Waals surface area contributed by atoms with Crippen molar-refractivity contribution in [2.45, 2.75) is 25.8 Å². The molecular formula is C15H20N2O3. The quantitative estimate of drug-likeness (QED) is 0.775. The van der Waals surface area contributed by atoms with Crippen LogP contribution in [0.3, 0.4) is 0 Å². The number of hydrogen-bond acceptors (Lipinski definition) is 4. The third-order valence-corrected chi connectivity index (χ3v) is 3.72. The third-order valence-electron chi connectivity index (χ3n) is 3.72. The van der Waals surface area contributed by atoms with Gasteiger partial charge in [-0.3, -0.25) is 4.79 Å². The minimum absolute atomic E-state index is 0.197. The summed E-state index contributed by atoms with van der Waals surface area (Å²) >= 11 is 0. The molecule has 1 aliphatic carbocycles. The van der Waals surface area contributed by atoms with Crippen LogP contribution < -0.4 is 20.1 Å². The molecule has 20 heavy (non-hydrogen) atoms. The summed E-state index contributed by atoms with van der Waals surface area (Å²) < 4.78 is 10.7. The van der Waals surface area contributed by atoms with Crippen molar-refractivity contribution < 1.29 is 14.3 Å². The number of carbonyl (C=O) groups excluding carboxylic acids is 1. The molecule has 1 fully saturated rings. The molecule has 1 atom stereocenters. The third kappa shape index (κ3) is 3.04. The lowest BCUT2D eigenvalue weighted by molar-refractivity contribution is -0.122. The molecule has 1 heterocycles. The zero-order chi connectivity index (χ0) is 13.9. The van der Waals surface area contributed by atoms with E-state index in [0.29, 0.717) is 13.3 Å². The second kappa shape index (κ2) is 5.71. The van der Waals surface area contributed by atoms with E-state index >= 15 is 0 Å². The van der Waals surface area contributed by atoms with Crippen molar-refractivity contribution in [3.05, 3.63) is 23.8 Å². The highest BCUT2D eigenvalue weighted by atomic mass is 16.7. The molecule has 0 bridgehead atoms. The van der Waals surface area contributed by atoms with Gasteiger partial charge < -0.3 is 20.1 Å². The van der Waals surface area contributed by atoms with Crippen LogP contribution in [0.25, 0.3) is 0 Å². The number of nitrogens with one attached hydrogen (secondary N) is 2. The van der Waals surface area contributed by atoms with Gasteiger partial charge in [-0.25, -0.2) is 0 Å². The van der Waals surface area contributed by atoms with Crippen LogP contribution in [0.5, 0.6) is 11.5 Å². The Labute approximate surface area is 118 Å². The molecule has 1 unspecified atom stereocenters. The van der Waals surface area contributed by atoms with E-state index in [2.05, 4.69) is 17.6 Å². The van der Waals surface area contributed by atoms with Crippen molar-refractivity contribution in [2.24, 2.45) is 5.92 Å². The van der Waals surface area contributed by atoms with Crippen molar-refractivity contribution in [2.75, 3.05) is 19.9 Å². The zero-order valence-electron chi connectivity index (χ0n) is 11.6. The molecule has 1 aromatic rings. The van der Waals surface area contributed by atoms with E-state index in [-0.39, 0.29) is 17.9 Å². The van der Waals surface area contributed by atoms with Crippen LogP contribution in [0.2, 0.25) is 0 Å². The molecule has 1 aliphatic heterocycles. The number of carbonyl (C=O) groups is 1. The van der Waals surface area contributed by atoms with Gasteiger partial charge in [-0.15, -0.1) is 0 Å². The van der Waals surface area contributed by atoms with Crippen LogP contribution in [0.15, 0.2) is 18.2 Å². The molecular weight excluding hydrogens is 256 g/mol. The lowest BCUT2D eigenvalue weighted by atomic mass is 10.1. The maximum atomic E-state index is 11.5. The molecule has 1 amide bonds. The molecule has 2 aliphatic rings. The first-order valence-corrected chi connectivity index (χ1v) is 7.14. The molecule has 0 radical (unpaired) electrons. The smallest absolute Gasteiger partial charge is 0.231 e. The number of fused-ring (bicyclic) bond motifs is 1. The van der Waals surface area contributed by atoms with E-state index < -0.39 is 0 Å². The fraction of sp³-hybridized carbons (Fsp3) is 0.533. The second-order valence-corrected chi connectivity index (χ2v) is 5.35. The predicted molar refractivity (Wildman–Crippen MR) is 74.7 cm³/mol. The Morgan fingerprint density at radius 3 is 2.90 bits per heavy atom. The second-order valence-electron chi connectivity index (χ2n) is 5.35. The van der Waals surface area contributed by atoms with Crippen LogP contribution in [0, 0.1) is 5.92 Å². The van der Waals surface area contributed by atoms with Gasteiger partial charge in [-0.1, -0.05) is 6.07 Å². The van der Waals surface area contributed by atoms with E-state index in [1.54, 1.807) is 0 Å². The minimum atomic E-state index is 0.197. The van der Waals surface area contributed by atoms with Crippen molar-refractivity contribution in [1.82, 2.24) is 10.6 Å². The van der Waals surface area contributed by atoms with Gasteiger partial charge in [0.1, 0.15) is 0 Å². The van der Waals surface area contributed by atoms with Crippen LogP contribution in [0.1, 0.15) is 31.4 Å². The van der Waals surface area contributed by atoms with E-state index in [4.69, 9.17) is 9.47 Å². The SMILES string of the molecule is CC(NCCNC(=O)C1CC1)c1ccc2c(c1)OCO2. The van der Waals surface area contributed by atoms with Crippen molar-refractivity contribution >= 4 is 5.91 Å². The Bertz CT molecular complexity index is 500. The Kier molecular flexibility index (Phi) is 3.78. The van der Waals surface area contributed by atoms with Crippen molar-refractivity contribution in [3.8, 4) is 11.5 Å². The van der Waals surface area contributed by atoms with Gasteiger partial charge in [0.2, 0.25) is 12.7 Å². The first kappa shape index (κ1) is 13.2. The number of ether oxygens (including phenoxy) is 2. The average molecular weight is 276 g/mol. The van der Waals surface area contributed by atoms with Gasteiger partial charge in [-0.2, -0.15) is 0 Å². The van der Waals surface area contributed by atoms with Crippen LogP contribution in [-0.4, -0.2) is 25.8 Å². The van der Waals surface area contributed by atoms with Gasteiger partial charge in [-0.05, 0) is 37.5 Å². The fourth-order valence-corrected chi connectivity index (χ4v) is 2.26. The summed E-state index contributed by atoms with van der Waals surface area (Å²) in [6.45, 7) is 3.83. The van der Waals surface area contributed by atoms with Gasteiger partial charge in [0.05, 0.1) is 0 Å². The van der Waals surface area contributed by atoms with Crippen LogP contribution in [0.4, 0.5) is 0 Å². The first-order chi connectivity index (χ1) is 9.74. The summed E-state index contributed by atoms with van der Waals surface area (Å²) in [6.07, 6.45) is 2.10. The van der Waals surface area contributed by atoms with E-state index in [1.165, 1.54) is 0 Å². The monoisotopic (exact) mass is 276 g/mol. The van der Waals surface area contributed by atoms with E-state index in [1.807, 2.05) is 18.2 Å². The first-order valence-electron chi connectivity index (χ1n) is 7.14. The highest BCUT2D eigenvalue weighted by molar-refractivity contribution is 5.80. The molecule has 108 valence electrons. The maximum absolute atomic E-state index is 11.5. The van der Waals surface area contributed by atoms with Gasteiger partial charge in [0, 0.05) is 25.0 Å². The molecule has 5 nitrogen and oxygen atoms in total. The molecule has 1 aromatic carbocycles. The number of amides is 1. The molecule has 5 heteroatoms. The van der Waals surface area contributed by atoms with Crippen LogP contribution in [-0.2, 0) is 4.79 Å². The number of rotatable bonds is 6. The normalized spacial score (nSPS) is 17.9. The highest BCUT2D eigenvalue weighted by Crippen LogP contribution is 2.34. The summed E-state index contributed by atoms with van der Waals surface area (Å²) in [5.41, 5.74) is 1.16. The largest absolute Gasteiger partial charge is 0.454 e. The van der Waals surface area contributed by atoms with Gasteiger partial charge in [0.25, 0.3) is 0 Å². The molecule has 0 saturated heterocycles. The number of hydrogen-bond donors (Lipinski definition) is 2. The van der Waals surface area contributed by atoms with E-state index in [9.17, 15) is 4.79 Å². The highest BCUT2D eigenvalue weighted by Gasteiger charge is 2.29.